The minimum absolute atomic E-state index is 0.0251. The summed E-state index contributed by atoms with van der Waals surface area (Å²) in [5.74, 6) is 0. The molecule has 1 rings (SSSR count). The van der Waals surface area contributed by atoms with Crippen LogP contribution in [0.3, 0.4) is 0 Å². The summed E-state index contributed by atoms with van der Waals surface area (Å²) in [4.78, 5) is 0. The molecule has 2 atom stereocenters. The van der Waals surface area contributed by atoms with Gasteiger partial charge in [-0.3, -0.25) is 0 Å². The van der Waals surface area contributed by atoms with Gasteiger partial charge in [0.25, 0.3) is 0 Å². The molecule has 1 heterocycles. The van der Waals surface area contributed by atoms with E-state index in [1.165, 1.54) is 0 Å². The maximum atomic E-state index is 9.64. The number of hydrogen-bond donors (Lipinski definition) is 1. The fraction of sp³-hybridized carbons (Fsp3) is 1.00. The van der Waals surface area contributed by atoms with Crippen LogP contribution in [-0.4, -0.2) is 22.4 Å². The molecule has 0 unspecified atom stereocenters. The maximum Gasteiger partial charge on any atom is 0.0891 e. The van der Waals surface area contributed by atoms with Crippen LogP contribution in [-0.2, 0) is 4.74 Å². The van der Waals surface area contributed by atoms with E-state index in [4.69, 9.17) is 4.74 Å². The van der Waals surface area contributed by atoms with Crippen molar-refractivity contribution < 1.29 is 9.84 Å². The van der Waals surface area contributed by atoms with E-state index in [1.807, 2.05) is 13.8 Å². The minimum atomic E-state index is -0.372. The summed E-state index contributed by atoms with van der Waals surface area (Å²) in [5.41, 5.74) is -0.397. The fourth-order valence-corrected chi connectivity index (χ4v) is 1.79. The number of rotatable bonds is 1. The summed E-state index contributed by atoms with van der Waals surface area (Å²) in [6.07, 6.45) is 2.53. The first kappa shape index (κ1) is 10.0. The van der Waals surface area contributed by atoms with Crippen LogP contribution in [0.4, 0.5) is 0 Å². The molecule has 0 aliphatic carbocycles. The van der Waals surface area contributed by atoms with E-state index in [1.54, 1.807) is 0 Å². The van der Waals surface area contributed by atoms with Gasteiger partial charge in [0, 0.05) is 0 Å². The molecule has 1 aliphatic heterocycles. The first-order valence-corrected chi connectivity index (χ1v) is 4.78. The summed E-state index contributed by atoms with van der Waals surface area (Å²) < 4.78 is 5.87. The third-order valence-corrected chi connectivity index (χ3v) is 3.01. The predicted octanol–water partition coefficient (Wildman–Crippen LogP) is 2.10. The van der Waals surface area contributed by atoms with Gasteiger partial charge in [-0.2, -0.15) is 0 Å². The first-order valence-electron chi connectivity index (χ1n) is 4.78. The Morgan fingerprint density at radius 2 is 2.00 bits per heavy atom. The number of hydrogen-bond acceptors (Lipinski definition) is 2. The molecule has 72 valence electrons. The molecule has 0 spiro atoms. The van der Waals surface area contributed by atoms with Crippen LogP contribution in [0.5, 0.6) is 0 Å². The number of aliphatic hydroxyl groups is 1. The monoisotopic (exact) mass is 172 g/mol. The zero-order valence-electron chi connectivity index (χ0n) is 8.55. The Kier molecular flexibility index (Phi) is 2.50. The van der Waals surface area contributed by atoms with Gasteiger partial charge < -0.3 is 9.84 Å². The van der Waals surface area contributed by atoms with E-state index in [0.29, 0.717) is 0 Å². The van der Waals surface area contributed by atoms with Crippen molar-refractivity contribution in [2.45, 2.75) is 64.3 Å². The van der Waals surface area contributed by atoms with Crippen molar-refractivity contribution in [3.8, 4) is 0 Å². The molecule has 1 saturated heterocycles. The lowest BCUT2D eigenvalue weighted by Gasteiger charge is -2.46. The van der Waals surface area contributed by atoms with E-state index in [-0.39, 0.29) is 17.3 Å². The molecule has 2 heteroatoms. The zero-order chi connectivity index (χ0) is 9.41. The fourth-order valence-electron chi connectivity index (χ4n) is 1.79. The zero-order valence-corrected chi connectivity index (χ0v) is 8.55. The molecule has 0 saturated carbocycles. The lowest BCUT2D eigenvalue weighted by molar-refractivity contribution is -0.214. The highest BCUT2D eigenvalue weighted by molar-refractivity contribution is 4.91. The molecule has 0 aromatic heterocycles. The Hall–Kier alpha value is -0.0800. The molecule has 1 aliphatic rings. The van der Waals surface area contributed by atoms with Crippen molar-refractivity contribution in [2.24, 2.45) is 0 Å². The highest BCUT2D eigenvalue weighted by Gasteiger charge is 2.41. The Labute approximate surface area is 74.9 Å². The molecular weight excluding hydrogens is 152 g/mol. The van der Waals surface area contributed by atoms with Crippen LogP contribution in [0, 0.1) is 0 Å². The van der Waals surface area contributed by atoms with Gasteiger partial charge in [-0.15, -0.1) is 0 Å². The SMILES string of the molecule is CC[C@@]1(C)CC[C@@H](O)C(C)(C)O1. The predicted molar refractivity (Wildman–Crippen MR) is 49.1 cm³/mol. The summed E-state index contributed by atoms with van der Waals surface area (Å²) in [6.45, 7) is 8.18. The maximum absolute atomic E-state index is 9.64. The van der Waals surface area contributed by atoms with Gasteiger partial charge in [0.05, 0.1) is 17.3 Å². The van der Waals surface area contributed by atoms with Gasteiger partial charge in [-0.05, 0) is 40.0 Å². The van der Waals surface area contributed by atoms with E-state index in [2.05, 4.69) is 13.8 Å². The van der Waals surface area contributed by atoms with Gasteiger partial charge in [0.2, 0.25) is 0 Å². The number of aliphatic hydroxyl groups excluding tert-OH is 1. The lowest BCUT2D eigenvalue weighted by Crippen LogP contribution is -2.51. The summed E-state index contributed by atoms with van der Waals surface area (Å²) in [5, 5.41) is 9.64. The highest BCUT2D eigenvalue weighted by Crippen LogP contribution is 2.36. The molecule has 2 nitrogen and oxygen atoms in total. The molecular formula is C10H20O2. The van der Waals surface area contributed by atoms with Crippen molar-refractivity contribution in [2.75, 3.05) is 0 Å². The van der Waals surface area contributed by atoms with E-state index < -0.39 is 0 Å². The normalized spacial score (nSPS) is 41.2. The molecule has 0 bridgehead atoms. The quantitative estimate of drug-likeness (QED) is 0.656. The van der Waals surface area contributed by atoms with Gasteiger partial charge in [0.1, 0.15) is 0 Å². The minimum Gasteiger partial charge on any atom is -0.390 e. The first-order chi connectivity index (χ1) is 5.40. The van der Waals surface area contributed by atoms with E-state index in [0.717, 1.165) is 19.3 Å². The highest BCUT2D eigenvalue weighted by atomic mass is 16.5. The number of ether oxygens (including phenoxy) is 1. The molecule has 1 N–H and O–H groups in total. The van der Waals surface area contributed by atoms with Crippen molar-refractivity contribution in [1.82, 2.24) is 0 Å². The van der Waals surface area contributed by atoms with Crippen LogP contribution >= 0.6 is 0 Å². The second kappa shape index (κ2) is 3.00. The summed E-state index contributed by atoms with van der Waals surface area (Å²) >= 11 is 0. The largest absolute Gasteiger partial charge is 0.390 e. The van der Waals surface area contributed by atoms with Crippen LogP contribution in [0.2, 0.25) is 0 Å². The van der Waals surface area contributed by atoms with Crippen molar-refractivity contribution in [3.63, 3.8) is 0 Å². The average Bonchev–Trinajstić information content (AvgIpc) is 1.97. The van der Waals surface area contributed by atoms with Crippen LogP contribution in [0.1, 0.15) is 47.0 Å². The van der Waals surface area contributed by atoms with Crippen molar-refractivity contribution >= 4 is 0 Å². The van der Waals surface area contributed by atoms with Crippen molar-refractivity contribution in [1.29, 1.82) is 0 Å². The van der Waals surface area contributed by atoms with E-state index >= 15 is 0 Å². The molecule has 0 aromatic rings. The smallest absolute Gasteiger partial charge is 0.0891 e. The van der Waals surface area contributed by atoms with Crippen molar-refractivity contribution in [3.05, 3.63) is 0 Å². The van der Waals surface area contributed by atoms with Gasteiger partial charge in [0.15, 0.2) is 0 Å². The second-order valence-electron chi connectivity index (χ2n) is 4.56. The van der Waals surface area contributed by atoms with Crippen LogP contribution in [0.25, 0.3) is 0 Å². The second-order valence-corrected chi connectivity index (χ2v) is 4.56. The van der Waals surface area contributed by atoms with Gasteiger partial charge in [-0.25, -0.2) is 0 Å². The molecule has 12 heavy (non-hydrogen) atoms. The van der Waals surface area contributed by atoms with Crippen LogP contribution < -0.4 is 0 Å². The topological polar surface area (TPSA) is 29.5 Å². The standard InChI is InChI=1S/C10H20O2/c1-5-10(4)7-6-8(11)9(2,3)12-10/h8,11H,5-7H2,1-4H3/t8-,10+/m1/s1. The Morgan fingerprint density at radius 3 is 2.42 bits per heavy atom. The Bertz CT molecular complexity index is 162. The average molecular weight is 172 g/mol. The molecule has 1 fully saturated rings. The molecule has 0 radical (unpaired) electrons. The van der Waals surface area contributed by atoms with Crippen LogP contribution in [0.15, 0.2) is 0 Å². The lowest BCUT2D eigenvalue weighted by atomic mass is 9.84. The summed E-state index contributed by atoms with van der Waals surface area (Å²) in [6, 6.07) is 0. The third kappa shape index (κ3) is 1.80. The van der Waals surface area contributed by atoms with Gasteiger partial charge >= 0.3 is 0 Å². The third-order valence-electron chi connectivity index (χ3n) is 3.01. The van der Waals surface area contributed by atoms with E-state index in [9.17, 15) is 5.11 Å². The Balaban J connectivity index is 2.68. The summed E-state index contributed by atoms with van der Waals surface area (Å²) in [7, 11) is 0. The van der Waals surface area contributed by atoms with Gasteiger partial charge in [-0.1, -0.05) is 6.92 Å². The Morgan fingerprint density at radius 1 is 1.42 bits per heavy atom. The molecule has 0 amide bonds. The molecule has 0 aromatic carbocycles.